The quantitative estimate of drug-likeness (QED) is 0.520. The van der Waals surface area contributed by atoms with Gasteiger partial charge in [0.05, 0.1) is 11.3 Å². The van der Waals surface area contributed by atoms with Gasteiger partial charge in [-0.1, -0.05) is 72.8 Å². The average Bonchev–Trinajstić information content (AvgIpc) is 2.75. The fraction of sp³-hybridized carbons (Fsp3) is 0. The molecular formula is C23H19N3O. The smallest absolute Gasteiger partial charge is 0.267 e. The van der Waals surface area contributed by atoms with Crippen LogP contribution in [-0.2, 0) is 0 Å². The molecule has 0 fully saturated rings. The number of hydrogen-bond acceptors (Lipinski definition) is 3. The van der Waals surface area contributed by atoms with Crippen LogP contribution in [0.1, 0.15) is 21.5 Å². The van der Waals surface area contributed by atoms with Gasteiger partial charge in [0.2, 0.25) is 0 Å². The fourth-order valence-electron chi connectivity index (χ4n) is 2.30. The minimum atomic E-state index is -0.304. The highest BCUT2D eigenvalue weighted by Gasteiger charge is 2.03. The molecule has 1 amide bonds. The number of carbonyl (C=O) groups excluding carboxylic acids is 1. The zero-order chi connectivity index (χ0) is 18.7. The van der Waals surface area contributed by atoms with Crippen LogP contribution in [0.5, 0.6) is 0 Å². The van der Waals surface area contributed by atoms with Gasteiger partial charge in [-0.25, -0.2) is 5.43 Å². The number of pyridine rings is 1. The summed E-state index contributed by atoms with van der Waals surface area (Å²) in [5, 5.41) is 4.25. The Bertz CT molecular complexity index is 895. The molecule has 3 aromatic rings. The van der Waals surface area contributed by atoms with Crippen molar-refractivity contribution in [3.05, 3.63) is 114 Å². The topological polar surface area (TPSA) is 54.4 Å². The molecule has 0 saturated carbocycles. The molecule has 0 unspecified atom stereocenters. The van der Waals surface area contributed by atoms with Crippen molar-refractivity contribution in [3.63, 3.8) is 0 Å². The van der Waals surface area contributed by atoms with Crippen molar-refractivity contribution in [1.29, 1.82) is 0 Å². The largest absolute Gasteiger partial charge is 0.272 e. The maximum absolute atomic E-state index is 12.2. The lowest BCUT2D eigenvalue weighted by molar-refractivity contribution is 0.0954. The summed E-state index contributed by atoms with van der Waals surface area (Å²) in [4.78, 5) is 16.1. The molecule has 0 aliphatic carbocycles. The van der Waals surface area contributed by atoms with E-state index < -0.39 is 0 Å². The second-order valence-corrected chi connectivity index (χ2v) is 5.71. The van der Waals surface area contributed by atoms with E-state index in [4.69, 9.17) is 0 Å². The second-order valence-electron chi connectivity index (χ2n) is 5.71. The Labute approximate surface area is 158 Å². The van der Waals surface area contributed by atoms with Gasteiger partial charge in [-0.15, -0.1) is 0 Å². The summed E-state index contributed by atoms with van der Waals surface area (Å²) in [5.74, 6) is -0.304. The Balaban J connectivity index is 1.79. The van der Waals surface area contributed by atoms with Gasteiger partial charge in [-0.05, 0) is 35.4 Å². The van der Waals surface area contributed by atoms with E-state index in [-0.39, 0.29) is 5.91 Å². The van der Waals surface area contributed by atoms with Gasteiger partial charge in [0.15, 0.2) is 0 Å². The summed E-state index contributed by atoms with van der Waals surface area (Å²) in [6.07, 6.45) is 10.7. The van der Waals surface area contributed by atoms with E-state index in [1.54, 1.807) is 18.3 Å². The Morgan fingerprint density at radius 2 is 1.41 bits per heavy atom. The number of hydrazone groups is 1. The number of benzene rings is 2. The first-order valence-corrected chi connectivity index (χ1v) is 8.55. The summed E-state index contributed by atoms with van der Waals surface area (Å²) in [6, 6.07) is 23.2. The average molecular weight is 353 g/mol. The van der Waals surface area contributed by atoms with E-state index >= 15 is 0 Å². The minimum Gasteiger partial charge on any atom is -0.267 e. The third-order valence-corrected chi connectivity index (χ3v) is 3.70. The van der Waals surface area contributed by atoms with E-state index in [2.05, 4.69) is 15.5 Å². The molecule has 0 atom stereocenters. The highest BCUT2D eigenvalue weighted by atomic mass is 16.2. The van der Waals surface area contributed by atoms with Crippen molar-refractivity contribution in [1.82, 2.24) is 10.4 Å². The molecule has 0 radical (unpaired) electrons. The number of amides is 1. The predicted molar refractivity (Wildman–Crippen MR) is 110 cm³/mol. The van der Waals surface area contributed by atoms with Gasteiger partial charge in [0.25, 0.3) is 5.91 Å². The Morgan fingerprint density at radius 3 is 1.93 bits per heavy atom. The lowest BCUT2D eigenvalue weighted by Gasteiger charge is -2.01. The van der Waals surface area contributed by atoms with Crippen molar-refractivity contribution in [2.24, 2.45) is 5.10 Å². The van der Waals surface area contributed by atoms with Crippen LogP contribution in [0.15, 0.2) is 102 Å². The van der Waals surface area contributed by atoms with Crippen LogP contribution in [-0.4, -0.2) is 16.6 Å². The number of nitrogens with zero attached hydrogens (tertiary/aromatic N) is 2. The van der Waals surface area contributed by atoms with Crippen LogP contribution in [0.25, 0.3) is 12.2 Å². The van der Waals surface area contributed by atoms with Gasteiger partial charge in [-0.2, -0.15) is 5.10 Å². The lowest BCUT2D eigenvalue weighted by Crippen LogP contribution is -2.18. The maximum atomic E-state index is 12.2. The summed E-state index contributed by atoms with van der Waals surface area (Å²) in [6.45, 7) is 0. The molecule has 0 saturated heterocycles. The van der Waals surface area contributed by atoms with Gasteiger partial charge >= 0.3 is 0 Å². The van der Waals surface area contributed by atoms with Crippen molar-refractivity contribution >= 4 is 23.8 Å². The molecule has 132 valence electrons. The SMILES string of the molecule is O=C(NN=C(C=Cc1ccccc1)C=Cc1ccccc1)c1cccnc1. The molecule has 4 nitrogen and oxygen atoms in total. The Kier molecular flexibility index (Phi) is 6.43. The number of allylic oxidation sites excluding steroid dienone is 2. The molecule has 1 heterocycles. The van der Waals surface area contributed by atoms with Gasteiger partial charge in [-0.3, -0.25) is 9.78 Å². The van der Waals surface area contributed by atoms with E-state index in [0.717, 1.165) is 11.1 Å². The summed E-state index contributed by atoms with van der Waals surface area (Å²) in [7, 11) is 0. The minimum absolute atomic E-state index is 0.304. The lowest BCUT2D eigenvalue weighted by atomic mass is 10.1. The van der Waals surface area contributed by atoms with Crippen molar-refractivity contribution < 1.29 is 4.79 Å². The van der Waals surface area contributed by atoms with Crippen LogP contribution < -0.4 is 5.43 Å². The third-order valence-electron chi connectivity index (χ3n) is 3.70. The van der Waals surface area contributed by atoms with E-state index in [1.807, 2.05) is 85.0 Å². The number of rotatable bonds is 6. The van der Waals surface area contributed by atoms with Crippen LogP contribution in [0.3, 0.4) is 0 Å². The van der Waals surface area contributed by atoms with E-state index in [0.29, 0.717) is 11.3 Å². The fourth-order valence-corrected chi connectivity index (χ4v) is 2.30. The number of nitrogens with one attached hydrogen (secondary N) is 1. The first kappa shape index (κ1) is 18.0. The second kappa shape index (κ2) is 9.63. The van der Waals surface area contributed by atoms with Crippen molar-refractivity contribution in [2.45, 2.75) is 0 Å². The summed E-state index contributed by atoms with van der Waals surface area (Å²) < 4.78 is 0. The van der Waals surface area contributed by atoms with Crippen LogP contribution in [0.2, 0.25) is 0 Å². The summed E-state index contributed by atoms with van der Waals surface area (Å²) >= 11 is 0. The van der Waals surface area contributed by atoms with Gasteiger partial charge in [0, 0.05) is 12.4 Å². The molecule has 0 bridgehead atoms. The number of carbonyl (C=O) groups is 1. The summed E-state index contributed by atoms with van der Waals surface area (Å²) in [5.41, 5.74) is 5.77. The molecule has 27 heavy (non-hydrogen) atoms. The van der Waals surface area contributed by atoms with Gasteiger partial charge < -0.3 is 0 Å². The van der Waals surface area contributed by atoms with Crippen molar-refractivity contribution in [3.8, 4) is 0 Å². The molecule has 0 aliphatic heterocycles. The highest BCUT2D eigenvalue weighted by Crippen LogP contribution is 2.05. The third kappa shape index (κ3) is 5.90. The Morgan fingerprint density at radius 1 is 0.815 bits per heavy atom. The Hall–Kier alpha value is -3.79. The van der Waals surface area contributed by atoms with Crippen LogP contribution in [0.4, 0.5) is 0 Å². The highest BCUT2D eigenvalue weighted by molar-refractivity contribution is 6.09. The molecule has 4 heteroatoms. The van der Waals surface area contributed by atoms with E-state index in [9.17, 15) is 4.79 Å². The van der Waals surface area contributed by atoms with Crippen LogP contribution in [0, 0.1) is 0 Å². The monoisotopic (exact) mass is 353 g/mol. The zero-order valence-corrected chi connectivity index (χ0v) is 14.7. The molecule has 2 aromatic carbocycles. The molecule has 1 N–H and O–H groups in total. The molecule has 0 aliphatic rings. The number of aromatic nitrogens is 1. The standard InChI is InChI=1S/C23H19N3O/c27-23(21-12-7-17-24-18-21)26-25-22(15-13-19-8-3-1-4-9-19)16-14-20-10-5-2-6-11-20/h1-18H,(H,26,27). The van der Waals surface area contributed by atoms with Crippen LogP contribution >= 0.6 is 0 Å². The predicted octanol–water partition coefficient (Wildman–Crippen LogP) is 4.59. The van der Waals surface area contributed by atoms with Gasteiger partial charge in [0.1, 0.15) is 0 Å². The van der Waals surface area contributed by atoms with Crippen molar-refractivity contribution in [2.75, 3.05) is 0 Å². The first-order valence-electron chi connectivity index (χ1n) is 8.55. The molecular weight excluding hydrogens is 334 g/mol. The van der Waals surface area contributed by atoms with E-state index in [1.165, 1.54) is 6.20 Å². The first-order chi connectivity index (χ1) is 13.3. The molecule has 0 spiro atoms. The maximum Gasteiger partial charge on any atom is 0.272 e. The molecule has 1 aromatic heterocycles. The number of hydrogen-bond donors (Lipinski definition) is 1. The molecule has 3 rings (SSSR count). The zero-order valence-electron chi connectivity index (χ0n) is 14.7. The normalized spacial score (nSPS) is 10.8.